The van der Waals surface area contributed by atoms with Crippen LogP contribution < -0.4 is 0 Å². The molecule has 0 amide bonds. The molecule has 2 aliphatic rings. The third-order valence-electron chi connectivity index (χ3n) is 4.68. The molecule has 0 heterocycles. The Bertz CT molecular complexity index is 337. The van der Waals surface area contributed by atoms with Gasteiger partial charge in [0, 0.05) is 18.5 Å². The van der Waals surface area contributed by atoms with E-state index in [-0.39, 0.29) is 25.0 Å². The van der Waals surface area contributed by atoms with Crippen LogP contribution in [0.3, 0.4) is 0 Å². The molecule has 4 atom stereocenters. The van der Waals surface area contributed by atoms with Gasteiger partial charge in [-0.3, -0.25) is 4.57 Å². The Balaban J connectivity index is 1.72. The Morgan fingerprint density at radius 3 is 1.62 bits per heavy atom. The monoisotopic (exact) mass is 324 g/mol. The number of halogens is 2. The molecule has 2 fully saturated rings. The molecule has 0 aliphatic heterocycles. The van der Waals surface area contributed by atoms with Crippen LogP contribution in [0.5, 0.6) is 0 Å². The average Bonchev–Trinajstić information content (AvgIpc) is 2.46. The van der Waals surface area contributed by atoms with E-state index in [1.807, 2.05) is 0 Å². The van der Waals surface area contributed by atoms with Gasteiger partial charge in [0.2, 0.25) is 0 Å². The van der Waals surface area contributed by atoms with Crippen LogP contribution in [0.2, 0.25) is 0 Å². The van der Waals surface area contributed by atoms with Crippen LogP contribution in [0.15, 0.2) is 0 Å². The molecular formula is C15H27F2O3P. The fourth-order valence-corrected chi connectivity index (χ4v) is 4.20. The van der Waals surface area contributed by atoms with Crippen LogP contribution in [0.4, 0.5) is 8.78 Å². The molecule has 0 radical (unpaired) electrons. The smallest absolute Gasteiger partial charge is 0.308 e. The Morgan fingerprint density at radius 2 is 1.24 bits per heavy atom. The summed E-state index contributed by atoms with van der Waals surface area (Å²) in [6.45, 7) is 1.68. The van der Waals surface area contributed by atoms with Gasteiger partial charge in [0.05, 0.1) is 13.2 Å². The van der Waals surface area contributed by atoms with Crippen LogP contribution >= 0.6 is 7.60 Å². The van der Waals surface area contributed by atoms with E-state index in [0.29, 0.717) is 12.8 Å². The van der Waals surface area contributed by atoms with Gasteiger partial charge in [-0.25, -0.2) is 8.78 Å². The Labute approximate surface area is 126 Å². The van der Waals surface area contributed by atoms with Gasteiger partial charge in [-0.15, -0.1) is 0 Å². The maximum atomic E-state index is 13.7. The lowest BCUT2D eigenvalue weighted by Crippen LogP contribution is -2.26. The summed E-state index contributed by atoms with van der Waals surface area (Å²) in [7, 11) is -3.21. The predicted octanol–water partition coefficient (Wildman–Crippen LogP) is 4.90. The van der Waals surface area contributed by atoms with Crippen molar-refractivity contribution in [1.82, 2.24) is 0 Å². The molecule has 0 spiro atoms. The molecule has 0 aromatic heterocycles. The lowest BCUT2D eigenvalue weighted by atomic mass is 9.88. The lowest BCUT2D eigenvalue weighted by molar-refractivity contribution is 0.0786. The summed E-state index contributed by atoms with van der Waals surface area (Å²) in [4.78, 5) is 0. The fraction of sp³-hybridized carbons (Fsp3) is 1.00. The second-order valence-electron chi connectivity index (χ2n) is 6.48. The van der Waals surface area contributed by atoms with Gasteiger partial charge in [0.25, 0.3) is 0 Å². The molecule has 0 aromatic rings. The molecule has 0 bridgehead atoms. The van der Waals surface area contributed by atoms with E-state index in [4.69, 9.17) is 9.05 Å². The predicted molar refractivity (Wildman–Crippen MR) is 79.1 cm³/mol. The summed E-state index contributed by atoms with van der Waals surface area (Å²) in [5.41, 5.74) is 0. The highest BCUT2D eigenvalue weighted by atomic mass is 31.2. The highest BCUT2D eigenvalue weighted by molar-refractivity contribution is 7.52. The standard InChI is InChI=1S/C15H27F2O3P/c1-21(18,19-10-12-6-2-4-8-14(12)16)20-11-13-7-3-5-9-15(13)17/h12-15H,2-11H2,1H3. The molecule has 0 saturated heterocycles. The van der Waals surface area contributed by atoms with Gasteiger partial charge >= 0.3 is 7.60 Å². The van der Waals surface area contributed by atoms with Gasteiger partial charge in [-0.05, 0) is 25.7 Å². The van der Waals surface area contributed by atoms with Crippen molar-refractivity contribution in [3.63, 3.8) is 0 Å². The molecule has 2 rings (SSSR count). The van der Waals surface area contributed by atoms with Gasteiger partial charge < -0.3 is 9.05 Å². The van der Waals surface area contributed by atoms with Crippen molar-refractivity contribution >= 4 is 7.60 Å². The minimum atomic E-state index is -3.21. The van der Waals surface area contributed by atoms with E-state index in [9.17, 15) is 13.3 Å². The normalized spacial score (nSPS) is 37.1. The molecule has 2 saturated carbocycles. The molecule has 124 valence electrons. The molecule has 0 aromatic carbocycles. The number of alkyl halides is 2. The van der Waals surface area contributed by atoms with Crippen LogP contribution in [0, 0.1) is 11.8 Å². The van der Waals surface area contributed by atoms with Crippen molar-refractivity contribution < 1.29 is 22.4 Å². The van der Waals surface area contributed by atoms with Crippen molar-refractivity contribution in [2.75, 3.05) is 19.9 Å². The summed E-state index contributed by atoms with van der Waals surface area (Å²) in [6, 6.07) is 0. The lowest BCUT2D eigenvalue weighted by Gasteiger charge is -2.28. The molecule has 3 nitrogen and oxygen atoms in total. The zero-order valence-corrected chi connectivity index (χ0v) is 13.7. The number of hydrogen-bond acceptors (Lipinski definition) is 3. The van der Waals surface area contributed by atoms with Gasteiger partial charge in [0.1, 0.15) is 12.3 Å². The Kier molecular flexibility index (Phi) is 6.64. The molecule has 21 heavy (non-hydrogen) atoms. The molecule has 0 N–H and O–H groups in total. The van der Waals surface area contributed by atoms with Crippen molar-refractivity contribution in [3.8, 4) is 0 Å². The van der Waals surface area contributed by atoms with E-state index in [2.05, 4.69) is 0 Å². The zero-order chi connectivity index (χ0) is 15.3. The van der Waals surface area contributed by atoms with Crippen molar-refractivity contribution in [3.05, 3.63) is 0 Å². The summed E-state index contributed by atoms with van der Waals surface area (Å²) >= 11 is 0. The summed E-state index contributed by atoms with van der Waals surface area (Å²) in [6.07, 6.45) is 4.76. The third-order valence-corrected chi connectivity index (χ3v) is 5.92. The highest BCUT2D eigenvalue weighted by Crippen LogP contribution is 2.46. The Hall–Kier alpha value is 0.01000. The first-order valence-corrected chi connectivity index (χ1v) is 10.1. The second kappa shape index (κ2) is 8.03. The van der Waals surface area contributed by atoms with Crippen LogP contribution in [-0.2, 0) is 13.6 Å². The highest BCUT2D eigenvalue weighted by Gasteiger charge is 2.30. The minimum Gasteiger partial charge on any atom is -0.308 e. The quantitative estimate of drug-likeness (QED) is 0.652. The number of rotatable bonds is 6. The fourth-order valence-electron chi connectivity index (χ4n) is 3.20. The maximum absolute atomic E-state index is 13.7. The van der Waals surface area contributed by atoms with Gasteiger partial charge in [-0.1, -0.05) is 25.7 Å². The van der Waals surface area contributed by atoms with Gasteiger partial charge in [-0.2, -0.15) is 0 Å². The van der Waals surface area contributed by atoms with Crippen molar-refractivity contribution in [2.24, 2.45) is 11.8 Å². The van der Waals surface area contributed by atoms with E-state index in [0.717, 1.165) is 38.5 Å². The van der Waals surface area contributed by atoms with Crippen LogP contribution in [0.25, 0.3) is 0 Å². The topological polar surface area (TPSA) is 35.5 Å². The van der Waals surface area contributed by atoms with Crippen molar-refractivity contribution in [1.29, 1.82) is 0 Å². The molecular weight excluding hydrogens is 297 g/mol. The maximum Gasteiger partial charge on any atom is 0.327 e. The molecule has 2 aliphatic carbocycles. The van der Waals surface area contributed by atoms with E-state index >= 15 is 0 Å². The molecule has 4 unspecified atom stereocenters. The first kappa shape index (κ1) is 17.4. The Morgan fingerprint density at radius 1 is 0.857 bits per heavy atom. The summed E-state index contributed by atoms with van der Waals surface area (Å²) in [5, 5.41) is 0. The average molecular weight is 324 g/mol. The van der Waals surface area contributed by atoms with E-state index in [1.165, 1.54) is 6.66 Å². The summed E-state index contributed by atoms with van der Waals surface area (Å²) in [5.74, 6) is -0.363. The second-order valence-corrected chi connectivity index (χ2v) is 8.54. The zero-order valence-electron chi connectivity index (χ0n) is 12.8. The number of hydrogen-bond donors (Lipinski definition) is 0. The molecule has 6 heteroatoms. The third kappa shape index (κ3) is 5.61. The van der Waals surface area contributed by atoms with Crippen molar-refractivity contribution in [2.45, 2.75) is 63.7 Å². The SMILES string of the molecule is CP(=O)(OCC1CCCCC1F)OCC1CCCCC1F. The van der Waals surface area contributed by atoms with E-state index < -0.39 is 19.9 Å². The summed E-state index contributed by atoms with van der Waals surface area (Å²) < 4.78 is 50.3. The van der Waals surface area contributed by atoms with Gasteiger partial charge in [0.15, 0.2) is 0 Å². The minimum absolute atomic E-state index is 0.138. The first-order chi connectivity index (χ1) is 9.98. The largest absolute Gasteiger partial charge is 0.327 e. The van der Waals surface area contributed by atoms with Crippen LogP contribution in [-0.4, -0.2) is 32.2 Å². The first-order valence-electron chi connectivity index (χ1n) is 8.12. The van der Waals surface area contributed by atoms with Crippen LogP contribution in [0.1, 0.15) is 51.4 Å². The van der Waals surface area contributed by atoms with E-state index in [1.54, 1.807) is 0 Å².